The summed E-state index contributed by atoms with van der Waals surface area (Å²) in [6, 6.07) is 0. The molecule has 6 atom stereocenters. The van der Waals surface area contributed by atoms with Gasteiger partial charge in [0.1, 0.15) is 30.5 Å². The highest BCUT2D eigenvalue weighted by Gasteiger charge is 2.48. The van der Waals surface area contributed by atoms with Gasteiger partial charge in [0.25, 0.3) is 0 Å². The number of aliphatic hydroxyl groups is 3. The molecule has 54 heavy (non-hydrogen) atoms. The first kappa shape index (κ1) is 51.1. The van der Waals surface area contributed by atoms with Crippen molar-refractivity contribution in [3.63, 3.8) is 0 Å². The van der Waals surface area contributed by atoms with Crippen LogP contribution < -0.4 is 0 Å². The van der Waals surface area contributed by atoms with E-state index in [-0.39, 0.29) is 19.6 Å². The Bertz CT molecular complexity index is 968. The normalized spacial score (nSPS) is 21.0. The quantitative estimate of drug-likeness (QED) is 0.0266. The van der Waals surface area contributed by atoms with Gasteiger partial charge in [0, 0.05) is 13.0 Å². The minimum absolute atomic E-state index is 0.0441. The SMILES string of the molecule is CCCCCCCCCCCCCCCCCCCOCC(COC1OC(CO)C(O)C(OS(=O)(=O)O)C1O)OC(=O)CCCCCCCCCCCC. The maximum absolute atomic E-state index is 12.8. The second-order valence-corrected chi connectivity index (χ2v) is 16.4. The monoisotopic (exact) mass is 797 g/mol. The Labute approximate surface area is 328 Å². The van der Waals surface area contributed by atoms with Crippen molar-refractivity contribution in [2.75, 3.05) is 26.4 Å². The lowest BCUT2D eigenvalue weighted by Gasteiger charge is -2.41. The number of carbonyl (C=O) groups excluding carboxylic acids is 1. The Morgan fingerprint density at radius 2 is 1.06 bits per heavy atom. The van der Waals surface area contributed by atoms with E-state index in [4.69, 9.17) is 23.5 Å². The second-order valence-electron chi connectivity index (χ2n) is 15.3. The zero-order chi connectivity index (χ0) is 39.7. The molecule has 1 aliphatic heterocycles. The average Bonchev–Trinajstić information content (AvgIpc) is 3.14. The van der Waals surface area contributed by atoms with Crippen LogP contribution in [0.2, 0.25) is 0 Å². The molecule has 1 saturated heterocycles. The zero-order valence-corrected chi connectivity index (χ0v) is 34.9. The predicted molar refractivity (Wildman–Crippen MR) is 211 cm³/mol. The summed E-state index contributed by atoms with van der Waals surface area (Å²) in [6.45, 7) is 4.00. The number of unbranched alkanes of at least 4 members (excludes halogenated alkanes) is 25. The molecule has 13 heteroatoms. The Morgan fingerprint density at radius 1 is 0.630 bits per heavy atom. The predicted octanol–water partition coefficient (Wildman–Crippen LogP) is 8.52. The molecule has 0 radical (unpaired) electrons. The van der Waals surface area contributed by atoms with Crippen LogP contribution >= 0.6 is 0 Å². The minimum Gasteiger partial charge on any atom is -0.457 e. The molecule has 0 aromatic rings. The topological polar surface area (TPSA) is 178 Å². The van der Waals surface area contributed by atoms with Gasteiger partial charge in [-0.15, -0.1) is 0 Å². The van der Waals surface area contributed by atoms with Crippen LogP contribution in [-0.4, -0.2) is 97.5 Å². The smallest absolute Gasteiger partial charge is 0.397 e. The van der Waals surface area contributed by atoms with E-state index >= 15 is 0 Å². The van der Waals surface area contributed by atoms with Crippen molar-refractivity contribution < 1.29 is 56.2 Å². The van der Waals surface area contributed by atoms with Gasteiger partial charge in [-0.25, -0.2) is 4.18 Å². The van der Waals surface area contributed by atoms with Crippen molar-refractivity contribution in [1.82, 2.24) is 0 Å². The molecule has 1 heterocycles. The molecule has 322 valence electrons. The summed E-state index contributed by atoms with van der Waals surface area (Å²) in [6.07, 6.45) is 24.3. The highest BCUT2D eigenvalue weighted by molar-refractivity contribution is 7.80. The van der Waals surface area contributed by atoms with Gasteiger partial charge < -0.3 is 34.3 Å². The van der Waals surface area contributed by atoms with E-state index in [0.29, 0.717) is 13.0 Å². The first-order valence-electron chi connectivity index (χ1n) is 21.8. The number of ether oxygens (including phenoxy) is 4. The zero-order valence-electron chi connectivity index (χ0n) is 34.1. The van der Waals surface area contributed by atoms with E-state index in [9.17, 15) is 28.5 Å². The van der Waals surface area contributed by atoms with Gasteiger partial charge in [0.05, 0.1) is 19.8 Å². The van der Waals surface area contributed by atoms with Gasteiger partial charge >= 0.3 is 16.4 Å². The van der Waals surface area contributed by atoms with Gasteiger partial charge in [-0.3, -0.25) is 9.35 Å². The summed E-state index contributed by atoms with van der Waals surface area (Å²) in [7, 11) is -5.05. The third-order valence-corrected chi connectivity index (χ3v) is 10.7. The molecule has 0 amide bonds. The highest BCUT2D eigenvalue weighted by Crippen LogP contribution is 2.26. The Kier molecular flexibility index (Phi) is 32.3. The van der Waals surface area contributed by atoms with Crippen LogP contribution in [0.25, 0.3) is 0 Å². The summed E-state index contributed by atoms with van der Waals surface area (Å²) < 4.78 is 58.9. The van der Waals surface area contributed by atoms with Crippen LogP contribution in [0, 0.1) is 0 Å². The number of aliphatic hydroxyl groups excluding tert-OH is 3. The fourth-order valence-electron chi connectivity index (χ4n) is 6.91. The van der Waals surface area contributed by atoms with Crippen LogP contribution in [0.3, 0.4) is 0 Å². The van der Waals surface area contributed by atoms with E-state index < -0.39 is 59.8 Å². The fourth-order valence-corrected chi connectivity index (χ4v) is 7.42. The van der Waals surface area contributed by atoms with E-state index in [1.54, 1.807) is 0 Å². The summed E-state index contributed by atoms with van der Waals surface area (Å²) in [4.78, 5) is 12.8. The van der Waals surface area contributed by atoms with Gasteiger partial charge in [-0.05, 0) is 12.8 Å². The van der Waals surface area contributed by atoms with Crippen LogP contribution in [0.4, 0.5) is 0 Å². The van der Waals surface area contributed by atoms with Crippen molar-refractivity contribution in [2.24, 2.45) is 0 Å². The number of hydrogen-bond acceptors (Lipinski definition) is 11. The summed E-state index contributed by atoms with van der Waals surface area (Å²) >= 11 is 0. The molecular formula is C41H80O12S. The number of hydrogen-bond donors (Lipinski definition) is 4. The van der Waals surface area contributed by atoms with E-state index in [0.717, 1.165) is 38.5 Å². The lowest BCUT2D eigenvalue weighted by atomic mass is 9.99. The van der Waals surface area contributed by atoms with E-state index in [2.05, 4.69) is 18.0 Å². The van der Waals surface area contributed by atoms with E-state index in [1.807, 2.05) is 0 Å². The van der Waals surface area contributed by atoms with Gasteiger partial charge in [-0.2, -0.15) is 8.42 Å². The number of rotatable bonds is 38. The molecule has 0 aromatic heterocycles. The lowest BCUT2D eigenvalue weighted by Crippen LogP contribution is -2.60. The third-order valence-electron chi connectivity index (χ3n) is 10.2. The number of esters is 1. The van der Waals surface area contributed by atoms with Gasteiger partial charge in [0.15, 0.2) is 6.29 Å². The molecule has 4 N–H and O–H groups in total. The largest absolute Gasteiger partial charge is 0.457 e. The van der Waals surface area contributed by atoms with Crippen molar-refractivity contribution in [1.29, 1.82) is 0 Å². The summed E-state index contributed by atoms with van der Waals surface area (Å²) in [5.41, 5.74) is 0. The highest BCUT2D eigenvalue weighted by atomic mass is 32.3. The Hall–Kier alpha value is -0.900. The molecule has 12 nitrogen and oxygen atoms in total. The van der Waals surface area contributed by atoms with Crippen LogP contribution in [0.1, 0.15) is 194 Å². The van der Waals surface area contributed by atoms with Crippen molar-refractivity contribution >= 4 is 16.4 Å². The third kappa shape index (κ3) is 27.7. The van der Waals surface area contributed by atoms with Gasteiger partial charge in [0.2, 0.25) is 0 Å². The molecule has 1 aliphatic rings. The molecule has 0 bridgehead atoms. The fraction of sp³-hybridized carbons (Fsp3) is 0.976. The average molecular weight is 797 g/mol. The van der Waals surface area contributed by atoms with Gasteiger partial charge in [-0.1, -0.05) is 174 Å². The Balaban J connectivity index is 2.40. The maximum atomic E-state index is 12.8. The first-order valence-corrected chi connectivity index (χ1v) is 23.2. The second kappa shape index (κ2) is 34.2. The minimum atomic E-state index is -5.05. The molecule has 0 aromatic carbocycles. The molecule has 6 unspecified atom stereocenters. The molecule has 1 fully saturated rings. The first-order chi connectivity index (χ1) is 26.1. The van der Waals surface area contributed by atoms with Crippen LogP contribution in [-0.2, 0) is 38.3 Å². The molecular weight excluding hydrogens is 717 g/mol. The molecule has 1 rings (SSSR count). The van der Waals surface area contributed by atoms with Crippen LogP contribution in [0.15, 0.2) is 0 Å². The summed E-state index contributed by atoms with van der Waals surface area (Å²) in [5, 5.41) is 30.6. The Morgan fingerprint density at radius 3 is 1.48 bits per heavy atom. The summed E-state index contributed by atoms with van der Waals surface area (Å²) in [5.74, 6) is -0.397. The van der Waals surface area contributed by atoms with Crippen molar-refractivity contribution in [2.45, 2.75) is 230 Å². The maximum Gasteiger partial charge on any atom is 0.397 e. The molecule has 0 saturated carbocycles. The molecule has 0 spiro atoms. The van der Waals surface area contributed by atoms with Crippen molar-refractivity contribution in [3.8, 4) is 0 Å². The van der Waals surface area contributed by atoms with Crippen LogP contribution in [0.5, 0.6) is 0 Å². The van der Waals surface area contributed by atoms with Crippen molar-refractivity contribution in [3.05, 3.63) is 0 Å². The lowest BCUT2D eigenvalue weighted by molar-refractivity contribution is -0.301. The number of carbonyl (C=O) groups is 1. The standard InChI is InChI=1S/C41H80O12S/c1-3-5-7-9-11-13-15-16-17-18-19-20-21-23-25-27-29-31-49-33-35(51-37(43)30-28-26-24-22-14-12-10-8-6-4-2)34-50-41-39(45)40(53-54(46,47)48)38(44)36(32-42)52-41/h35-36,38-42,44-45H,3-34H2,1-2H3,(H,46,47,48). The molecule has 0 aliphatic carbocycles. The van der Waals surface area contributed by atoms with E-state index in [1.165, 1.54) is 128 Å².